The number of allylic oxidation sites excluding steroid dienone is 1. The number of benzene rings is 2. The summed E-state index contributed by atoms with van der Waals surface area (Å²) in [6, 6.07) is 7.97. The largest absolute Gasteiger partial charge is 0.541 e. The van der Waals surface area contributed by atoms with Crippen molar-refractivity contribution < 1.29 is 28.2 Å². The second-order valence-corrected chi connectivity index (χ2v) is 15.3. The van der Waals surface area contributed by atoms with Gasteiger partial charge >= 0.3 is 0 Å². The van der Waals surface area contributed by atoms with E-state index in [2.05, 4.69) is 39.9 Å². The third-order valence-electron chi connectivity index (χ3n) is 7.42. The molecule has 0 unspecified atom stereocenters. The highest BCUT2D eigenvalue weighted by Gasteiger charge is 2.40. The maximum Gasteiger partial charge on any atom is 0.250 e. The van der Waals surface area contributed by atoms with Gasteiger partial charge in [0.25, 0.3) is 8.32 Å². The van der Waals surface area contributed by atoms with E-state index in [1.807, 2.05) is 18.2 Å². The fourth-order valence-corrected chi connectivity index (χ4v) is 5.49. The van der Waals surface area contributed by atoms with Gasteiger partial charge < -0.3 is 28.2 Å². The van der Waals surface area contributed by atoms with Crippen LogP contribution < -0.4 is 23.4 Å². The summed E-state index contributed by atoms with van der Waals surface area (Å²) in [6.07, 6.45) is 3.88. The molecule has 0 fully saturated rings. The average molecular weight is 513 g/mol. The van der Waals surface area contributed by atoms with Crippen molar-refractivity contribution in [1.82, 2.24) is 0 Å². The molecule has 0 saturated heterocycles. The Kier molecular flexibility index (Phi) is 8.44. The Morgan fingerprint density at radius 2 is 1.47 bits per heavy atom. The molecule has 3 rings (SSSR count). The number of methoxy groups -OCH3 is 4. The smallest absolute Gasteiger partial charge is 0.250 e. The topological polar surface area (TPSA) is 63.2 Å². The number of ether oxygens (including phenoxy) is 4. The van der Waals surface area contributed by atoms with Crippen molar-refractivity contribution in [2.24, 2.45) is 0 Å². The Balaban J connectivity index is 2.34. The zero-order chi connectivity index (χ0) is 26.7. The molecule has 1 aliphatic rings. The Labute approximate surface area is 216 Å². The zero-order valence-electron chi connectivity index (χ0n) is 23.2. The van der Waals surface area contributed by atoms with Crippen molar-refractivity contribution in [3.8, 4) is 28.7 Å². The van der Waals surface area contributed by atoms with E-state index < -0.39 is 8.32 Å². The van der Waals surface area contributed by atoms with Crippen LogP contribution in [0.25, 0.3) is 5.57 Å². The molecule has 7 heteroatoms. The minimum atomic E-state index is -2.15. The third-order valence-corrected chi connectivity index (χ3v) is 11.7. The Hall–Kier alpha value is -2.93. The molecule has 36 heavy (non-hydrogen) atoms. The van der Waals surface area contributed by atoms with E-state index in [9.17, 15) is 4.79 Å². The molecule has 0 amide bonds. The number of hydrogen-bond acceptors (Lipinski definition) is 6. The molecule has 1 aliphatic carbocycles. The number of carbonyl (C=O) groups is 1. The highest BCUT2D eigenvalue weighted by atomic mass is 28.4. The number of hydrogen-bond donors (Lipinski definition) is 0. The van der Waals surface area contributed by atoms with Crippen LogP contribution in [0.15, 0.2) is 29.8 Å². The molecule has 0 atom stereocenters. The van der Waals surface area contributed by atoms with Crippen LogP contribution in [-0.2, 0) is 11.2 Å². The van der Waals surface area contributed by atoms with Crippen LogP contribution in [-0.4, -0.2) is 43.0 Å². The Morgan fingerprint density at radius 1 is 0.861 bits per heavy atom. The van der Waals surface area contributed by atoms with Gasteiger partial charge in [-0.3, -0.25) is 0 Å². The molecule has 2 aromatic carbocycles. The van der Waals surface area contributed by atoms with E-state index in [-0.39, 0.29) is 5.04 Å². The summed E-state index contributed by atoms with van der Waals surface area (Å²) in [4.78, 5) is 11.7. The van der Waals surface area contributed by atoms with Gasteiger partial charge in [0.15, 0.2) is 17.2 Å². The molecule has 0 aromatic heterocycles. The van der Waals surface area contributed by atoms with Crippen LogP contribution in [0.2, 0.25) is 18.1 Å². The summed E-state index contributed by atoms with van der Waals surface area (Å²) in [6.45, 7) is 11.2. The Bertz CT molecular complexity index is 1120. The molecule has 0 bridgehead atoms. The highest BCUT2D eigenvalue weighted by molar-refractivity contribution is 6.74. The minimum Gasteiger partial charge on any atom is -0.541 e. The highest BCUT2D eigenvalue weighted by Crippen LogP contribution is 2.48. The molecular formula is C29H40O6Si. The number of carbonyl (C=O) groups excluding carboxylic acids is 1. The summed E-state index contributed by atoms with van der Waals surface area (Å²) < 4.78 is 29.6. The summed E-state index contributed by atoms with van der Waals surface area (Å²) in [7, 11) is 4.34. The van der Waals surface area contributed by atoms with Gasteiger partial charge in [-0.25, -0.2) is 0 Å². The fourth-order valence-electron chi connectivity index (χ4n) is 4.45. The van der Waals surface area contributed by atoms with Gasteiger partial charge in [-0.15, -0.1) is 0 Å². The molecule has 0 radical (unpaired) electrons. The number of fused-ring (bicyclic) bond motifs is 1. The van der Waals surface area contributed by atoms with Crippen LogP contribution in [0.4, 0.5) is 0 Å². The quantitative estimate of drug-likeness (QED) is 0.271. The lowest BCUT2D eigenvalue weighted by Crippen LogP contribution is -2.44. The van der Waals surface area contributed by atoms with Crippen LogP contribution >= 0.6 is 0 Å². The van der Waals surface area contributed by atoms with Gasteiger partial charge in [0, 0.05) is 12.0 Å². The van der Waals surface area contributed by atoms with Crippen LogP contribution in [0.1, 0.15) is 56.7 Å². The first-order chi connectivity index (χ1) is 17.0. The van der Waals surface area contributed by atoms with E-state index in [1.54, 1.807) is 28.4 Å². The van der Waals surface area contributed by atoms with Crippen molar-refractivity contribution in [3.05, 3.63) is 46.5 Å². The first kappa shape index (κ1) is 27.7. The predicted molar refractivity (Wildman–Crippen MR) is 147 cm³/mol. The number of aldehydes is 1. The maximum absolute atomic E-state index is 11.7. The summed E-state index contributed by atoms with van der Waals surface area (Å²) >= 11 is 0. The van der Waals surface area contributed by atoms with Crippen LogP contribution in [0, 0.1) is 0 Å². The molecule has 196 valence electrons. The molecule has 0 spiro atoms. The first-order valence-electron chi connectivity index (χ1n) is 12.4. The van der Waals surface area contributed by atoms with Crippen LogP contribution in [0.5, 0.6) is 28.7 Å². The molecule has 0 N–H and O–H groups in total. The van der Waals surface area contributed by atoms with E-state index in [1.165, 1.54) is 0 Å². The van der Waals surface area contributed by atoms with Crippen molar-refractivity contribution in [2.45, 2.75) is 64.6 Å². The van der Waals surface area contributed by atoms with E-state index in [0.717, 1.165) is 64.9 Å². The lowest BCUT2D eigenvalue weighted by molar-refractivity contribution is -0.107. The van der Waals surface area contributed by atoms with E-state index >= 15 is 0 Å². The van der Waals surface area contributed by atoms with Gasteiger partial charge in [0.2, 0.25) is 5.75 Å². The molecular weight excluding hydrogens is 472 g/mol. The standard InChI is InChI=1S/C29H40O6Si/c1-29(2,3)36(8,9)35-27-22-12-10-11-19(15-16-30)26(21(22)13-14-23(27)31-4)20-17-24(32-5)28(34-7)25(18-20)33-6/h13-14,16-18H,10-12,15H2,1-9H3. The van der Waals surface area contributed by atoms with Gasteiger partial charge in [0.1, 0.15) is 12.0 Å². The first-order valence-corrected chi connectivity index (χ1v) is 15.3. The van der Waals surface area contributed by atoms with Gasteiger partial charge in [-0.05, 0) is 72.3 Å². The maximum atomic E-state index is 11.7. The van der Waals surface area contributed by atoms with Gasteiger partial charge in [-0.1, -0.05) is 32.4 Å². The van der Waals surface area contributed by atoms with Crippen molar-refractivity contribution in [1.29, 1.82) is 0 Å². The SMILES string of the molecule is COc1cc(C2=C(CC=O)CCCc3c2ccc(OC)c3O[Si](C)(C)C(C)(C)C)cc(OC)c1OC. The van der Waals surface area contributed by atoms with Crippen molar-refractivity contribution in [2.75, 3.05) is 28.4 Å². The number of rotatable bonds is 9. The normalized spacial score (nSPS) is 14.0. The molecule has 0 aliphatic heterocycles. The zero-order valence-corrected chi connectivity index (χ0v) is 24.2. The summed E-state index contributed by atoms with van der Waals surface area (Å²) in [5.41, 5.74) is 5.17. The molecule has 2 aromatic rings. The fraction of sp³-hybridized carbons (Fsp3) is 0.483. The van der Waals surface area contributed by atoms with Crippen molar-refractivity contribution in [3.63, 3.8) is 0 Å². The summed E-state index contributed by atoms with van der Waals surface area (Å²) in [5.74, 6) is 3.23. The summed E-state index contributed by atoms with van der Waals surface area (Å²) in [5, 5.41) is 0.0313. The van der Waals surface area contributed by atoms with Crippen LogP contribution in [0.3, 0.4) is 0 Å². The van der Waals surface area contributed by atoms with E-state index in [4.69, 9.17) is 23.4 Å². The second-order valence-electron chi connectivity index (χ2n) is 10.6. The third kappa shape index (κ3) is 5.26. The average Bonchev–Trinajstić information content (AvgIpc) is 3.02. The van der Waals surface area contributed by atoms with Gasteiger partial charge in [-0.2, -0.15) is 0 Å². The molecule has 0 heterocycles. The second kappa shape index (κ2) is 11.0. The lowest BCUT2D eigenvalue weighted by atomic mass is 9.89. The minimum absolute atomic E-state index is 0.0313. The van der Waals surface area contributed by atoms with E-state index in [0.29, 0.717) is 23.7 Å². The van der Waals surface area contributed by atoms with Crippen molar-refractivity contribution >= 4 is 20.2 Å². The van der Waals surface area contributed by atoms with Gasteiger partial charge in [0.05, 0.1) is 28.4 Å². The lowest BCUT2D eigenvalue weighted by Gasteiger charge is -2.37. The molecule has 0 saturated carbocycles. The monoisotopic (exact) mass is 512 g/mol. The molecule has 6 nitrogen and oxygen atoms in total. The predicted octanol–water partition coefficient (Wildman–Crippen LogP) is 6.83. The Morgan fingerprint density at radius 3 is 1.97 bits per heavy atom.